The monoisotopic (exact) mass is 340 g/mol. The van der Waals surface area contributed by atoms with E-state index in [1.165, 1.54) is 5.38 Å². The number of amides is 1. The van der Waals surface area contributed by atoms with E-state index in [1.807, 2.05) is 19.1 Å². The van der Waals surface area contributed by atoms with Crippen molar-refractivity contribution in [1.82, 2.24) is 4.98 Å². The summed E-state index contributed by atoms with van der Waals surface area (Å²) in [6.45, 7) is 1.94. The van der Waals surface area contributed by atoms with Gasteiger partial charge in [0.25, 0.3) is 5.91 Å². The van der Waals surface area contributed by atoms with Crippen LogP contribution in [0.2, 0.25) is 0 Å². The lowest BCUT2D eigenvalue weighted by molar-refractivity contribution is 0.0691. The molecule has 0 fully saturated rings. The van der Waals surface area contributed by atoms with Crippen molar-refractivity contribution >= 4 is 44.8 Å². The van der Waals surface area contributed by atoms with E-state index in [-0.39, 0.29) is 10.7 Å². The quantitative estimate of drug-likeness (QED) is 0.899. The van der Waals surface area contributed by atoms with Crippen LogP contribution in [-0.4, -0.2) is 22.0 Å². The molecule has 0 aliphatic rings. The van der Waals surface area contributed by atoms with Crippen LogP contribution in [0.1, 0.15) is 25.9 Å². The molecule has 0 unspecified atom stereocenters. The Morgan fingerprint density at radius 3 is 2.74 bits per heavy atom. The van der Waals surface area contributed by atoms with Crippen molar-refractivity contribution in [1.29, 1.82) is 0 Å². The van der Waals surface area contributed by atoms with Crippen LogP contribution in [0.4, 0.5) is 5.69 Å². The number of anilines is 1. The Labute approximate surface area is 121 Å². The molecular formula is C12H9BrN2O3S. The average Bonchev–Trinajstić information content (AvgIpc) is 2.82. The first-order chi connectivity index (χ1) is 8.97. The van der Waals surface area contributed by atoms with Gasteiger partial charge in [-0.1, -0.05) is 6.07 Å². The molecule has 1 aromatic heterocycles. The van der Waals surface area contributed by atoms with Crippen LogP contribution in [0.25, 0.3) is 0 Å². The van der Waals surface area contributed by atoms with Crippen LogP contribution in [0.3, 0.4) is 0 Å². The normalized spacial score (nSPS) is 10.2. The highest BCUT2D eigenvalue weighted by atomic mass is 79.9. The first-order valence-electron chi connectivity index (χ1n) is 5.23. The molecule has 0 aliphatic heterocycles. The number of halogens is 1. The number of aryl methyl sites for hydroxylation is 1. The molecule has 1 amide bonds. The Morgan fingerprint density at radius 1 is 1.42 bits per heavy atom. The second kappa shape index (κ2) is 5.50. The summed E-state index contributed by atoms with van der Waals surface area (Å²) < 4.78 is 0.760. The Morgan fingerprint density at radius 2 is 2.16 bits per heavy atom. The molecule has 19 heavy (non-hydrogen) atoms. The van der Waals surface area contributed by atoms with Crippen LogP contribution in [0.5, 0.6) is 0 Å². The molecule has 0 saturated heterocycles. The predicted octanol–water partition coefficient (Wildman–Crippen LogP) is 3.16. The van der Waals surface area contributed by atoms with Crippen molar-refractivity contribution in [3.63, 3.8) is 0 Å². The summed E-state index contributed by atoms with van der Waals surface area (Å²) in [5.74, 6) is -1.58. The first kappa shape index (κ1) is 13.7. The third-order valence-corrected chi connectivity index (χ3v) is 3.79. The van der Waals surface area contributed by atoms with E-state index in [0.717, 1.165) is 21.4 Å². The predicted molar refractivity (Wildman–Crippen MR) is 75.9 cm³/mol. The maximum atomic E-state index is 11.9. The molecule has 7 heteroatoms. The fourth-order valence-corrected chi connectivity index (χ4v) is 2.65. The third kappa shape index (κ3) is 3.18. The Balaban J connectivity index is 2.18. The van der Waals surface area contributed by atoms with Crippen molar-refractivity contribution in [3.05, 3.63) is 44.3 Å². The number of carboxylic acids is 1. The van der Waals surface area contributed by atoms with Crippen LogP contribution in [0.15, 0.2) is 28.1 Å². The molecule has 2 aromatic rings. The maximum Gasteiger partial charge on any atom is 0.355 e. The minimum Gasteiger partial charge on any atom is -0.476 e. The largest absolute Gasteiger partial charge is 0.476 e. The SMILES string of the molecule is Cc1ccc(NC(=O)c2nc(C(=O)O)cs2)c(Br)c1. The van der Waals surface area contributed by atoms with Crippen LogP contribution >= 0.6 is 27.3 Å². The fourth-order valence-electron chi connectivity index (χ4n) is 1.37. The van der Waals surface area contributed by atoms with Crippen molar-refractivity contribution < 1.29 is 14.7 Å². The minimum absolute atomic E-state index is 0.116. The molecule has 98 valence electrons. The molecule has 1 aromatic carbocycles. The molecule has 1 heterocycles. The highest BCUT2D eigenvalue weighted by molar-refractivity contribution is 9.10. The van der Waals surface area contributed by atoms with Crippen LogP contribution in [-0.2, 0) is 0 Å². The molecule has 2 N–H and O–H groups in total. The van der Waals surface area contributed by atoms with E-state index in [4.69, 9.17) is 5.11 Å². The number of nitrogens with zero attached hydrogens (tertiary/aromatic N) is 1. The van der Waals surface area contributed by atoms with Crippen molar-refractivity contribution in [2.75, 3.05) is 5.32 Å². The molecule has 2 rings (SSSR count). The molecule has 5 nitrogen and oxygen atoms in total. The highest BCUT2D eigenvalue weighted by Gasteiger charge is 2.15. The topological polar surface area (TPSA) is 79.3 Å². The Hall–Kier alpha value is -1.73. The Bertz CT molecular complexity index is 654. The van der Waals surface area contributed by atoms with Gasteiger partial charge in [0.2, 0.25) is 0 Å². The second-order valence-electron chi connectivity index (χ2n) is 3.78. The van der Waals surface area contributed by atoms with Crippen molar-refractivity contribution in [3.8, 4) is 0 Å². The number of thiazole rings is 1. The van der Waals surface area contributed by atoms with E-state index in [2.05, 4.69) is 26.2 Å². The van der Waals surface area contributed by atoms with Gasteiger partial charge in [0.1, 0.15) is 0 Å². The summed E-state index contributed by atoms with van der Waals surface area (Å²) in [5, 5.41) is 12.9. The van der Waals surface area contributed by atoms with Gasteiger partial charge in [-0.25, -0.2) is 9.78 Å². The van der Waals surface area contributed by atoms with Gasteiger partial charge in [0.05, 0.1) is 5.69 Å². The summed E-state index contributed by atoms with van der Waals surface area (Å²) >= 11 is 4.35. The van der Waals surface area contributed by atoms with E-state index < -0.39 is 11.9 Å². The van der Waals surface area contributed by atoms with Gasteiger partial charge >= 0.3 is 5.97 Å². The Kier molecular flexibility index (Phi) is 3.96. The lowest BCUT2D eigenvalue weighted by atomic mass is 10.2. The van der Waals surface area contributed by atoms with E-state index in [1.54, 1.807) is 6.07 Å². The van der Waals surface area contributed by atoms with Gasteiger partial charge in [-0.15, -0.1) is 11.3 Å². The number of carbonyl (C=O) groups is 2. The molecule has 0 aliphatic carbocycles. The fraction of sp³-hybridized carbons (Fsp3) is 0.0833. The molecule has 0 radical (unpaired) electrons. The summed E-state index contributed by atoms with van der Waals surface area (Å²) in [6, 6.07) is 5.51. The average molecular weight is 341 g/mol. The number of hydrogen-bond acceptors (Lipinski definition) is 4. The number of carboxylic acid groups (broad SMARTS) is 1. The summed E-state index contributed by atoms with van der Waals surface area (Å²) in [6.07, 6.45) is 0. The highest BCUT2D eigenvalue weighted by Crippen LogP contribution is 2.24. The first-order valence-corrected chi connectivity index (χ1v) is 6.91. The van der Waals surface area contributed by atoms with Gasteiger partial charge in [-0.3, -0.25) is 4.79 Å². The summed E-state index contributed by atoms with van der Waals surface area (Å²) in [4.78, 5) is 26.3. The third-order valence-electron chi connectivity index (χ3n) is 2.29. The number of rotatable bonds is 3. The zero-order valence-corrected chi connectivity index (χ0v) is 12.2. The second-order valence-corrected chi connectivity index (χ2v) is 5.49. The van der Waals surface area contributed by atoms with Gasteiger partial charge in [0, 0.05) is 9.85 Å². The molecule has 0 saturated carbocycles. The van der Waals surface area contributed by atoms with Gasteiger partial charge < -0.3 is 10.4 Å². The number of aromatic nitrogens is 1. The van der Waals surface area contributed by atoms with Crippen molar-refractivity contribution in [2.45, 2.75) is 6.92 Å². The number of carbonyl (C=O) groups excluding carboxylic acids is 1. The number of hydrogen-bond donors (Lipinski definition) is 2. The van der Waals surface area contributed by atoms with Gasteiger partial charge in [-0.2, -0.15) is 0 Å². The standard InChI is InChI=1S/C12H9BrN2O3S/c1-6-2-3-8(7(13)4-6)14-10(16)11-15-9(5-19-11)12(17)18/h2-5H,1H3,(H,14,16)(H,17,18). The summed E-state index contributed by atoms with van der Waals surface area (Å²) in [7, 11) is 0. The van der Waals surface area contributed by atoms with Gasteiger partial charge in [-0.05, 0) is 40.5 Å². The molecular weight excluding hydrogens is 332 g/mol. The number of nitrogens with one attached hydrogen (secondary N) is 1. The smallest absolute Gasteiger partial charge is 0.355 e. The molecule has 0 bridgehead atoms. The van der Waals surface area contributed by atoms with E-state index in [0.29, 0.717) is 5.69 Å². The van der Waals surface area contributed by atoms with Gasteiger partial charge in [0.15, 0.2) is 10.7 Å². The van der Waals surface area contributed by atoms with E-state index >= 15 is 0 Å². The lowest BCUT2D eigenvalue weighted by Crippen LogP contribution is -2.12. The summed E-state index contributed by atoms with van der Waals surface area (Å²) in [5.41, 5.74) is 1.55. The zero-order valence-electron chi connectivity index (χ0n) is 9.81. The van der Waals surface area contributed by atoms with Crippen molar-refractivity contribution in [2.24, 2.45) is 0 Å². The maximum absolute atomic E-state index is 11.9. The van der Waals surface area contributed by atoms with Crippen LogP contribution in [0, 0.1) is 6.92 Å². The lowest BCUT2D eigenvalue weighted by Gasteiger charge is -2.06. The number of benzene rings is 1. The minimum atomic E-state index is -1.15. The molecule has 0 atom stereocenters. The molecule has 0 spiro atoms. The number of aromatic carboxylic acids is 1. The zero-order chi connectivity index (χ0) is 14.0. The van der Waals surface area contributed by atoms with E-state index in [9.17, 15) is 9.59 Å². The van der Waals surface area contributed by atoms with Crippen LogP contribution < -0.4 is 5.32 Å².